The first-order valence-corrected chi connectivity index (χ1v) is 5.75. The van der Waals surface area contributed by atoms with Crippen LogP contribution in [-0.2, 0) is 17.0 Å². The molecule has 14 heavy (non-hydrogen) atoms. The molecule has 0 atom stereocenters. The van der Waals surface area contributed by atoms with Gasteiger partial charge in [-0.15, -0.1) is 11.8 Å². The van der Waals surface area contributed by atoms with Gasteiger partial charge in [-0.1, -0.05) is 31.2 Å². The van der Waals surface area contributed by atoms with Crippen molar-refractivity contribution in [3.8, 4) is 0 Å². The van der Waals surface area contributed by atoms with Crippen LogP contribution in [0.2, 0.25) is 0 Å². The highest BCUT2D eigenvalue weighted by molar-refractivity contribution is 7.99. The molecule has 1 N–H and O–H groups in total. The SMILES string of the molecule is CCc1cccc(CSCC(=O)O)c1. The second-order valence-electron chi connectivity index (χ2n) is 3.06. The molecule has 0 fully saturated rings. The molecule has 0 heterocycles. The summed E-state index contributed by atoms with van der Waals surface area (Å²) in [6.45, 7) is 2.11. The highest BCUT2D eigenvalue weighted by Gasteiger charge is 1.98. The number of carboxylic acid groups (broad SMARTS) is 1. The Morgan fingerprint density at radius 2 is 2.14 bits per heavy atom. The predicted molar refractivity (Wildman–Crippen MR) is 59.6 cm³/mol. The van der Waals surface area contributed by atoms with E-state index in [0.29, 0.717) is 0 Å². The molecule has 0 amide bonds. The fourth-order valence-corrected chi connectivity index (χ4v) is 1.89. The van der Waals surface area contributed by atoms with E-state index in [-0.39, 0.29) is 5.75 Å². The van der Waals surface area contributed by atoms with E-state index in [2.05, 4.69) is 19.1 Å². The number of hydrogen-bond donors (Lipinski definition) is 1. The summed E-state index contributed by atoms with van der Waals surface area (Å²) in [6, 6.07) is 8.28. The summed E-state index contributed by atoms with van der Waals surface area (Å²) in [5.41, 5.74) is 2.51. The minimum absolute atomic E-state index is 0.177. The highest BCUT2D eigenvalue weighted by atomic mass is 32.2. The number of hydrogen-bond acceptors (Lipinski definition) is 2. The summed E-state index contributed by atoms with van der Waals surface area (Å²) < 4.78 is 0. The molecule has 1 aromatic rings. The fourth-order valence-electron chi connectivity index (χ4n) is 1.20. The quantitative estimate of drug-likeness (QED) is 0.811. The normalized spacial score (nSPS) is 10.1. The van der Waals surface area contributed by atoms with Crippen LogP contribution < -0.4 is 0 Å². The van der Waals surface area contributed by atoms with Gasteiger partial charge in [-0.05, 0) is 17.5 Å². The maximum atomic E-state index is 10.3. The number of carboxylic acids is 1. The van der Waals surface area contributed by atoms with Gasteiger partial charge in [0.2, 0.25) is 0 Å². The number of thioether (sulfide) groups is 1. The molecule has 0 bridgehead atoms. The van der Waals surface area contributed by atoms with Crippen LogP contribution in [0.25, 0.3) is 0 Å². The van der Waals surface area contributed by atoms with E-state index in [0.717, 1.165) is 12.2 Å². The van der Waals surface area contributed by atoms with Crippen molar-refractivity contribution in [2.75, 3.05) is 5.75 Å². The zero-order valence-electron chi connectivity index (χ0n) is 8.19. The highest BCUT2D eigenvalue weighted by Crippen LogP contribution is 2.13. The van der Waals surface area contributed by atoms with Gasteiger partial charge in [-0.3, -0.25) is 4.79 Å². The fraction of sp³-hybridized carbons (Fsp3) is 0.364. The van der Waals surface area contributed by atoms with Crippen molar-refractivity contribution >= 4 is 17.7 Å². The van der Waals surface area contributed by atoms with E-state index in [1.165, 1.54) is 22.9 Å². The lowest BCUT2D eigenvalue weighted by Crippen LogP contribution is -1.98. The molecule has 0 unspecified atom stereocenters. The maximum absolute atomic E-state index is 10.3. The van der Waals surface area contributed by atoms with E-state index in [1.807, 2.05) is 12.1 Å². The van der Waals surface area contributed by atoms with E-state index < -0.39 is 5.97 Å². The van der Waals surface area contributed by atoms with Gasteiger partial charge in [0.1, 0.15) is 0 Å². The molecule has 0 aliphatic rings. The van der Waals surface area contributed by atoms with Gasteiger partial charge in [-0.25, -0.2) is 0 Å². The van der Waals surface area contributed by atoms with Crippen LogP contribution in [0.5, 0.6) is 0 Å². The standard InChI is InChI=1S/C11H14O2S/c1-2-9-4-3-5-10(6-9)7-14-8-11(12)13/h3-6H,2,7-8H2,1H3,(H,12,13). The predicted octanol–water partition coefficient (Wildman–Crippen LogP) is 2.57. The Kier molecular flexibility index (Phi) is 4.53. The van der Waals surface area contributed by atoms with Crippen LogP contribution in [0.1, 0.15) is 18.1 Å². The first kappa shape index (κ1) is 11.1. The Hall–Kier alpha value is -0.960. The van der Waals surface area contributed by atoms with E-state index in [9.17, 15) is 4.79 Å². The van der Waals surface area contributed by atoms with Crippen molar-refractivity contribution in [1.82, 2.24) is 0 Å². The van der Waals surface area contributed by atoms with E-state index in [1.54, 1.807) is 0 Å². The number of aryl methyl sites for hydroxylation is 1. The third-order valence-corrected chi connectivity index (χ3v) is 2.88. The Morgan fingerprint density at radius 1 is 1.43 bits per heavy atom. The number of aliphatic carboxylic acids is 1. The molecule has 0 aliphatic heterocycles. The van der Waals surface area contributed by atoms with Crippen LogP contribution in [-0.4, -0.2) is 16.8 Å². The summed E-state index contributed by atoms with van der Waals surface area (Å²) in [4.78, 5) is 10.3. The van der Waals surface area contributed by atoms with Crippen molar-refractivity contribution in [3.05, 3.63) is 35.4 Å². The molecule has 76 valence electrons. The molecule has 0 saturated carbocycles. The van der Waals surface area contributed by atoms with Crippen molar-refractivity contribution in [1.29, 1.82) is 0 Å². The van der Waals surface area contributed by atoms with Gasteiger partial charge in [0.25, 0.3) is 0 Å². The maximum Gasteiger partial charge on any atom is 0.313 e. The first-order chi connectivity index (χ1) is 6.72. The molecule has 1 aromatic carbocycles. The number of carbonyl (C=O) groups is 1. The lowest BCUT2D eigenvalue weighted by atomic mass is 10.1. The van der Waals surface area contributed by atoms with Gasteiger partial charge >= 0.3 is 5.97 Å². The molecular formula is C11H14O2S. The van der Waals surface area contributed by atoms with Crippen molar-refractivity contribution < 1.29 is 9.90 Å². The van der Waals surface area contributed by atoms with Gasteiger partial charge in [0.15, 0.2) is 0 Å². The number of rotatable bonds is 5. The van der Waals surface area contributed by atoms with E-state index in [4.69, 9.17) is 5.11 Å². The van der Waals surface area contributed by atoms with Crippen LogP contribution in [0, 0.1) is 0 Å². The smallest absolute Gasteiger partial charge is 0.313 e. The minimum Gasteiger partial charge on any atom is -0.481 e. The van der Waals surface area contributed by atoms with Crippen LogP contribution >= 0.6 is 11.8 Å². The summed E-state index contributed by atoms with van der Waals surface area (Å²) in [6.07, 6.45) is 1.03. The molecule has 3 heteroatoms. The minimum atomic E-state index is -0.748. The summed E-state index contributed by atoms with van der Waals surface area (Å²) in [5.74, 6) is 0.206. The molecule has 0 saturated heterocycles. The molecule has 0 aromatic heterocycles. The monoisotopic (exact) mass is 210 g/mol. The summed E-state index contributed by atoms with van der Waals surface area (Å²) in [7, 11) is 0. The zero-order valence-corrected chi connectivity index (χ0v) is 9.01. The Morgan fingerprint density at radius 3 is 2.79 bits per heavy atom. The average Bonchev–Trinajstić information content (AvgIpc) is 2.18. The number of benzene rings is 1. The molecule has 0 spiro atoms. The topological polar surface area (TPSA) is 37.3 Å². The van der Waals surface area contributed by atoms with Gasteiger partial charge in [-0.2, -0.15) is 0 Å². The molecular weight excluding hydrogens is 196 g/mol. The Labute approximate surface area is 88.3 Å². The van der Waals surface area contributed by atoms with Crippen molar-refractivity contribution in [3.63, 3.8) is 0 Å². The third-order valence-electron chi connectivity index (χ3n) is 1.89. The second-order valence-corrected chi connectivity index (χ2v) is 4.05. The van der Waals surface area contributed by atoms with Gasteiger partial charge in [0, 0.05) is 5.75 Å². The first-order valence-electron chi connectivity index (χ1n) is 4.59. The van der Waals surface area contributed by atoms with Crippen LogP contribution in [0.3, 0.4) is 0 Å². The third kappa shape index (κ3) is 3.83. The molecule has 0 aliphatic carbocycles. The second kappa shape index (κ2) is 5.70. The Bertz CT molecular complexity index is 310. The van der Waals surface area contributed by atoms with Gasteiger partial charge in [0.05, 0.1) is 5.75 Å². The van der Waals surface area contributed by atoms with Gasteiger partial charge < -0.3 is 5.11 Å². The Balaban J connectivity index is 2.46. The van der Waals surface area contributed by atoms with Crippen LogP contribution in [0.15, 0.2) is 24.3 Å². The summed E-state index contributed by atoms with van der Waals surface area (Å²) >= 11 is 1.43. The lowest BCUT2D eigenvalue weighted by molar-refractivity contribution is -0.133. The van der Waals surface area contributed by atoms with Crippen molar-refractivity contribution in [2.45, 2.75) is 19.1 Å². The van der Waals surface area contributed by atoms with Crippen LogP contribution in [0.4, 0.5) is 0 Å². The molecule has 2 nitrogen and oxygen atoms in total. The average molecular weight is 210 g/mol. The van der Waals surface area contributed by atoms with E-state index >= 15 is 0 Å². The zero-order chi connectivity index (χ0) is 10.4. The lowest BCUT2D eigenvalue weighted by Gasteiger charge is -2.02. The largest absolute Gasteiger partial charge is 0.481 e. The van der Waals surface area contributed by atoms with Crippen molar-refractivity contribution in [2.24, 2.45) is 0 Å². The summed E-state index contributed by atoms with van der Waals surface area (Å²) in [5, 5.41) is 8.47. The molecule has 1 rings (SSSR count). The molecule has 0 radical (unpaired) electrons.